The van der Waals surface area contributed by atoms with Crippen molar-refractivity contribution in [3.8, 4) is 12.1 Å². The van der Waals surface area contributed by atoms with Crippen LogP contribution in [0.4, 0.5) is 5.82 Å². The van der Waals surface area contributed by atoms with E-state index >= 15 is 0 Å². The lowest BCUT2D eigenvalue weighted by molar-refractivity contribution is -0.128. The minimum atomic E-state index is -0.181. The third kappa shape index (κ3) is 6.03. The van der Waals surface area contributed by atoms with Crippen LogP contribution in [0.5, 0.6) is 6.01 Å². The summed E-state index contributed by atoms with van der Waals surface area (Å²) < 4.78 is 6.35. The van der Waals surface area contributed by atoms with Gasteiger partial charge < -0.3 is 19.4 Å². The highest BCUT2D eigenvalue weighted by atomic mass is 16.5. The Labute approximate surface area is 260 Å². The minimum absolute atomic E-state index is 0.0177. The molecular formula is C36H42N6O2. The van der Waals surface area contributed by atoms with Crippen LogP contribution in [0, 0.1) is 17.2 Å². The fourth-order valence-electron chi connectivity index (χ4n) is 7.35. The number of benzene rings is 2. The molecule has 3 heterocycles. The molecule has 1 aromatic heterocycles. The van der Waals surface area contributed by atoms with Gasteiger partial charge in [0, 0.05) is 31.2 Å². The first-order valence-corrected chi connectivity index (χ1v) is 16.4. The Morgan fingerprint density at radius 3 is 2.73 bits per heavy atom. The van der Waals surface area contributed by atoms with Crippen molar-refractivity contribution in [2.45, 2.75) is 69.4 Å². The highest BCUT2D eigenvalue weighted by Gasteiger charge is 2.34. The molecule has 0 unspecified atom stereocenters. The Morgan fingerprint density at radius 2 is 1.91 bits per heavy atom. The summed E-state index contributed by atoms with van der Waals surface area (Å²) in [5.41, 5.74) is 3.64. The van der Waals surface area contributed by atoms with Gasteiger partial charge in [0.15, 0.2) is 0 Å². The highest BCUT2D eigenvalue weighted by Crippen LogP contribution is 2.39. The van der Waals surface area contributed by atoms with Gasteiger partial charge in [0.2, 0.25) is 5.91 Å². The number of hydrogen-bond acceptors (Lipinski definition) is 7. The van der Waals surface area contributed by atoms with Gasteiger partial charge in [-0.25, -0.2) is 0 Å². The molecule has 2 aromatic carbocycles. The van der Waals surface area contributed by atoms with Crippen molar-refractivity contribution < 1.29 is 9.53 Å². The fourth-order valence-corrected chi connectivity index (χ4v) is 7.35. The van der Waals surface area contributed by atoms with Crippen molar-refractivity contribution in [1.29, 1.82) is 5.26 Å². The molecule has 228 valence electrons. The maximum absolute atomic E-state index is 13.1. The molecule has 8 nitrogen and oxygen atoms in total. The van der Waals surface area contributed by atoms with Crippen molar-refractivity contribution >= 4 is 22.5 Å². The van der Waals surface area contributed by atoms with Gasteiger partial charge >= 0.3 is 6.01 Å². The molecule has 2 aliphatic carbocycles. The van der Waals surface area contributed by atoms with Crippen molar-refractivity contribution in [1.82, 2.24) is 19.8 Å². The first-order valence-electron chi connectivity index (χ1n) is 16.4. The van der Waals surface area contributed by atoms with E-state index in [-0.39, 0.29) is 11.9 Å². The number of amides is 1. The third-order valence-corrected chi connectivity index (χ3v) is 10.1. The summed E-state index contributed by atoms with van der Waals surface area (Å²) in [6.45, 7) is 3.49. The van der Waals surface area contributed by atoms with Gasteiger partial charge in [-0.15, -0.1) is 0 Å². The lowest BCUT2D eigenvalue weighted by Crippen LogP contribution is -2.55. The number of likely N-dealkylation sites (N-methyl/N-ethyl adjacent to an activating group) is 1. The first-order chi connectivity index (χ1) is 21.6. The molecule has 4 aliphatic rings. The minimum Gasteiger partial charge on any atom is -0.462 e. The molecule has 1 amide bonds. The maximum Gasteiger partial charge on any atom is 0.318 e. The molecule has 8 heteroatoms. The average molecular weight is 591 g/mol. The van der Waals surface area contributed by atoms with E-state index in [9.17, 15) is 10.1 Å². The summed E-state index contributed by atoms with van der Waals surface area (Å²) in [6, 6.07) is 18.2. The SMILES string of the molecule is CN1CCC[C@H]1COc1nc2c(c(N3CCN(C(=O)/C=C/C4CC4)[C@@H](CC#N)C3)n1)CC[C@H](c1cccc3ccccc13)C2. The van der Waals surface area contributed by atoms with Gasteiger partial charge in [-0.1, -0.05) is 48.5 Å². The number of piperazine rings is 1. The zero-order chi connectivity index (χ0) is 30.0. The Bertz CT molecular complexity index is 1590. The number of carbonyl (C=O) groups excluding carboxylic acids is 1. The second-order valence-electron chi connectivity index (χ2n) is 13.0. The normalized spacial score (nSPS) is 24.0. The quantitative estimate of drug-likeness (QED) is 0.331. The number of allylic oxidation sites excluding steroid dienone is 1. The summed E-state index contributed by atoms with van der Waals surface area (Å²) in [7, 11) is 2.16. The van der Waals surface area contributed by atoms with E-state index in [0.717, 1.165) is 43.7 Å². The van der Waals surface area contributed by atoms with Crippen LogP contribution in [0.25, 0.3) is 10.8 Å². The van der Waals surface area contributed by atoms with Crippen LogP contribution in [0.1, 0.15) is 61.3 Å². The first kappa shape index (κ1) is 28.8. The van der Waals surface area contributed by atoms with Crippen molar-refractivity contribution in [3.63, 3.8) is 0 Å². The van der Waals surface area contributed by atoms with Gasteiger partial charge in [-0.2, -0.15) is 15.2 Å². The van der Waals surface area contributed by atoms with E-state index in [4.69, 9.17) is 14.7 Å². The summed E-state index contributed by atoms with van der Waals surface area (Å²) >= 11 is 0. The van der Waals surface area contributed by atoms with Crippen LogP contribution in [0.15, 0.2) is 54.6 Å². The van der Waals surface area contributed by atoms with Crippen LogP contribution in [0.3, 0.4) is 0 Å². The van der Waals surface area contributed by atoms with Crippen molar-refractivity contribution in [2.24, 2.45) is 5.92 Å². The Morgan fingerprint density at radius 1 is 1.05 bits per heavy atom. The number of nitriles is 1. The molecule has 2 aliphatic heterocycles. The van der Waals surface area contributed by atoms with Crippen LogP contribution >= 0.6 is 0 Å². The standard InChI is InChI=1S/C36H42N6O2/c1-40-19-5-8-29(40)24-44-36-38-33-22-27(31-10-4-7-26-6-2-3-9-30(26)31)14-15-32(33)35(39-36)41-20-21-42(28(23-41)17-18-37)34(43)16-13-25-11-12-25/h2-4,6-7,9-10,13,16,25,27-29H,5,8,11-12,14-15,17,19-24H2,1H3/b16-13+/t27-,28-,29-/m0/s1. The second kappa shape index (κ2) is 12.6. The molecule has 0 bridgehead atoms. The lowest BCUT2D eigenvalue weighted by atomic mass is 9.80. The molecular weight excluding hydrogens is 548 g/mol. The van der Waals surface area contributed by atoms with Crippen molar-refractivity contribution in [2.75, 3.05) is 44.7 Å². The van der Waals surface area contributed by atoms with Gasteiger partial charge in [0.1, 0.15) is 12.4 Å². The number of carbonyl (C=O) groups is 1. The molecule has 0 N–H and O–H groups in total. The van der Waals surface area contributed by atoms with Crippen LogP contribution in [0.2, 0.25) is 0 Å². The number of anilines is 1. The summed E-state index contributed by atoms with van der Waals surface area (Å²) in [4.78, 5) is 29.7. The lowest BCUT2D eigenvalue weighted by Gasteiger charge is -2.42. The number of nitrogens with zero attached hydrogens (tertiary/aromatic N) is 6. The van der Waals surface area contributed by atoms with E-state index in [2.05, 4.69) is 65.4 Å². The molecule has 7 rings (SSSR count). The molecule has 3 aromatic rings. The van der Waals surface area contributed by atoms with E-state index in [1.807, 2.05) is 11.0 Å². The van der Waals surface area contributed by atoms with E-state index in [0.29, 0.717) is 56.6 Å². The molecule has 44 heavy (non-hydrogen) atoms. The summed E-state index contributed by atoms with van der Waals surface area (Å²) in [5.74, 6) is 1.85. The zero-order valence-electron chi connectivity index (χ0n) is 25.7. The largest absolute Gasteiger partial charge is 0.462 e. The maximum atomic E-state index is 13.1. The Balaban J connectivity index is 1.18. The molecule has 0 spiro atoms. The van der Waals surface area contributed by atoms with E-state index < -0.39 is 0 Å². The Kier molecular flexibility index (Phi) is 8.22. The highest BCUT2D eigenvalue weighted by molar-refractivity contribution is 5.88. The smallest absolute Gasteiger partial charge is 0.318 e. The fraction of sp³-hybridized carbons (Fsp3) is 0.500. The number of rotatable bonds is 8. The summed E-state index contributed by atoms with van der Waals surface area (Å²) in [5, 5.41) is 12.3. The predicted octanol–water partition coefficient (Wildman–Crippen LogP) is 5.27. The van der Waals surface area contributed by atoms with Gasteiger partial charge in [0.25, 0.3) is 0 Å². The van der Waals surface area contributed by atoms with E-state index in [1.165, 1.54) is 41.2 Å². The van der Waals surface area contributed by atoms with Gasteiger partial charge in [-0.3, -0.25) is 4.79 Å². The van der Waals surface area contributed by atoms with Gasteiger partial charge in [-0.05, 0) is 92.8 Å². The monoisotopic (exact) mass is 590 g/mol. The zero-order valence-corrected chi connectivity index (χ0v) is 25.7. The number of hydrogen-bond donors (Lipinski definition) is 0. The topological polar surface area (TPSA) is 85.6 Å². The average Bonchev–Trinajstić information content (AvgIpc) is 3.80. The van der Waals surface area contributed by atoms with Crippen LogP contribution < -0.4 is 9.64 Å². The number of ether oxygens (including phenoxy) is 1. The van der Waals surface area contributed by atoms with Gasteiger partial charge in [0.05, 0.1) is 24.2 Å². The number of likely N-dealkylation sites (tertiary alicyclic amines) is 1. The number of aromatic nitrogens is 2. The predicted molar refractivity (Wildman–Crippen MR) is 172 cm³/mol. The third-order valence-electron chi connectivity index (χ3n) is 10.1. The Hall–Kier alpha value is -3.96. The molecule has 0 radical (unpaired) electrons. The van der Waals surface area contributed by atoms with E-state index in [1.54, 1.807) is 6.08 Å². The second-order valence-corrected chi connectivity index (χ2v) is 13.0. The van der Waals surface area contributed by atoms with Crippen molar-refractivity contribution in [3.05, 3.63) is 71.4 Å². The van der Waals surface area contributed by atoms with Crippen LogP contribution in [-0.4, -0.2) is 77.6 Å². The molecule has 3 atom stereocenters. The number of fused-ring (bicyclic) bond motifs is 2. The molecule has 2 saturated heterocycles. The van der Waals surface area contributed by atoms with Crippen LogP contribution in [-0.2, 0) is 17.6 Å². The molecule has 1 saturated carbocycles. The summed E-state index contributed by atoms with van der Waals surface area (Å²) in [6.07, 6.45) is 11.5. The molecule has 3 fully saturated rings.